The topological polar surface area (TPSA) is 85.7 Å². The highest BCUT2D eigenvalue weighted by Crippen LogP contribution is 2.32. The summed E-state index contributed by atoms with van der Waals surface area (Å²) in [5.41, 5.74) is 3.74. The van der Waals surface area contributed by atoms with E-state index in [1.807, 2.05) is 57.3 Å². The Morgan fingerprint density at radius 3 is 2.26 bits per heavy atom. The van der Waals surface area contributed by atoms with Crippen LogP contribution in [0, 0.1) is 6.92 Å². The molecule has 0 fully saturated rings. The van der Waals surface area contributed by atoms with Crippen LogP contribution in [0.15, 0.2) is 72.9 Å². The largest absolute Gasteiger partial charge is 0.493 e. The minimum atomic E-state index is -0.376. The van der Waals surface area contributed by atoms with Gasteiger partial charge in [-0.15, -0.1) is 0 Å². The second-order valence-corrected chi connectivity index (χ2v) is 9.74. The number of aryl methyl sites for hydroxylation is 1. The molecule has 1 heterocycles. The number of hydrogen-bond donors (Lipinski definition) is 1. The summed E-state index contributed by atoms with van der Waals surface area (Å²) in [4.78, 5) is 32.7. The van der Waals surface area contributed by atoms with Gasteiger partial charge in [-0.25, -0.2) is 4.98 Å². The lowest BCUT2D eigenvalue weighted by atomic mass is 10.1. The minimum Gasteiger partial charge on any atom is -0.493 e. The summed E-state index contributed by atoms with van der Waals surface area (Å²) in [5, 5.41) is 3.51. The van der Waals surface area contributed by atoms with Gasteiger partial charge in [-0.2, -0.15) is 0 Å². The van der Waals surface area contributed by atoms with E-state index >= 15 is 0 Å². The SMILES string of the molecule is COc1ccc(-n2cc(-c3ccc(Cl)cc3)nc2NC(=O)CN(C(=O)c2ccc(C)cc2)C(C)C)cc1OC. The molecule has 1 aromatic heterocycles. The monoisotopic (exact) mass is 546 g/mol. The Labute approximate surface area is 233 Å². The lowest BCUT2D eigenvalue weighted by molar-refractivity contribution is -0.117. The van der Waals surface area contributed by atoms with Crippen LogP contribution in [0.4, 0.5) is 5.95 Å². The van der Waals surface area contributed by atoms with Crippen LogP contribution in [0.25, 0.3) is 16.9 Å². The standard InChI is InChI=1S/C30H31ClN4O4/c1-19(2)34(29(37)22-8-6-20(3)7-9-22)18-28(36)33-30-32-25(21-10-12-23(31)13-11-21)17-35(30)24-14-15-26(38-4)27(16-24)39-5/h6-17,19H,18H2,1-5H3,(H,32,33,36). The minimum absolute atomic E-state index is 0.139. The lowest BCUT2D eigenvalue weighted by Crippen LogP contribution is -2.42. The highest BCUT2D eigenvalue weighted by atomic mass is 35.5. The maximum Gasteiger partial charge on any atom is 0.254 e. The van der Waals surface area contributed by atoms with E-state index in [9.17, 15) is 9.59 Å². The van der Waals surface area contributed by atoms with Gasteiger partial charge in [0.05, 0.1) is 25.6 Å². The molecule has 0 spiro atoms. The number of ether oxygens (including phenoxy) is 2. The molecule has 1 N–H and O–H groups in total. The fraction of sp³-hybridized carbons (Fsp3) is 0.233. The number of halogens is 1. The predicted molar refractivity (Wildman–Crippen MR) is 153 cm³/mol. The summed E-state index contributed by atoms with van der Waals surface area (Å²) in [6.07, 6.45) is 1.82. The van der Waals surface area contributed by atoms with Crippen LogP contribution in [0.5, 0.6) is 11.5 Å². The van der Waals surface area contributed by atoms with Gasteiger partial charge in [0.15, 0.2) is 11.5 Å². The van der Waals surface area contributed by atoms with E-state index in [-0.39, 0.29) is 24.4 Å². The van der Waals surface area contributed by atoms with E-state index in [1.165, 1.54) is 4.90 Å². The number of aromatic nitrogens is 2. The van der Waals surface area contributed by atoms with Crippen molar-refractivity contribution in [2.45, 2.75) is 26.8 Å². The van der Waals surface area contributed by atoms with Crippen LogP contribution in [-0.4, -0.2) is 53.1 Å². The van der Waals surface area contributed by atoms with Gasteiger partial charge in [0.2, 0.25) is 11.9 Å². The average Bonchev–Trinajstić information content (AvgIpc) is 3.35. The summed E-state index contributed by atoms with van der Waals surface area (Å²) in [6, 6.07) is 19.8. The summed E-state index contributed by atoms with van der Waals surface area (Å²) < 4.78 is 12.6. The van der Waals surface area contributed by atoms with Crippen LogP contribution < -0.4 is 14.8 Å². The summed E-state index contributed by atoms with van der Waals surface area (Å²) in [6.45, 7) is 5.57. The molecule has 3 aromatic carbocycles. The molecule has 0 unspecified atom stereocenters. The Bertz CT molecular complexity index is 1460. The molecule has 39 heavy (non-hydrogen) atoms. The molecule has 0 saturated carbocycles. The lowest BCUT2D eigenvalue weighted by Gasteiger charge is -2.26. The molecule has 0 saturated heterocycles. The molecule has 2 amide bonds. The third-order valence-electron chi connectivity index (χ3n) is 6.24. The number of anilines is 1. The zero-order chi connectivity index (χ0) is 28.1. The van der Waals surface area contributed by atoms with Crippen molar-refractivity contribution in [3.8, 4) is 28.4 Å². The maximum absolute atomic E-state index is 13.3. The molecule has 0 aliphatic carbocycles. The normalized spacial score (nSPS) is 10.8. The van der Waals surface area contributed by atoms with Gasteiger partial charge < -0.3 is 14.4 Å². The fourth-order valence-electron chi connectivity index (χ4n) is 4.07. The molecule has 0 aliphatic rings. The van der Waals surface area contributed by atoms with Crippen molar-refractivity contribution in [2.24, 2.45) is 0 Å². The van der Waals surface area contributed by atoms with Crippen LogP contribution >= 0.6 is 11.6 Å². The first-order chi connectivity index (χ1) is 18.7. The number of benzene rings is 3. The number of amides is 2. The van der Waals surface area contributed by atoms with Crippen molar-refractivity contribution in [3.63, 3.8) is 0 Å². The first kappa shape index (κ1) is 27.7. The highest BCUT2D eigenvalue weighted by Gasteiger charge is 2.23. The molecule has 9 heteroatoms. The summed E-state index contributed by atoms with van der Waals surface area (Å²) in [5.74, 6) is 0.809. The number of nitrogens with one attached hydrogen (secondary N) is 1. The van der Waals surface area contributed by atoms with Gasteiger partial charge in [0.25, 0.3) is 5.91 Å². The number of imidazole rings is 1. The zero-order valence-corrected chi connectivity index (χ0v) is 23.3. The van der Waals surface area contributed by atoms with Crippen molar-refractivity contribution in [1.82, 2.24) is 14.5 Å². The molecule has 202 valence electrons. The Kier molecular flexibility index (Phi) is 8.56. The highest BCUT2D eigenvalue weighted by molar-refractivity contribution is 6.30. The maximum atomic E-state index is 13.3. The average molecular weight is 547 g/mol. The second kappa shape index (κ2) is 12.0. The molecule has 8 nitrogen and oxygen atoms in total. The predicted octanol–water partition coefficient (Wildman–Crippen LogP) is 6.01. The third kappa shape index (κ3) is 6.41. The van der Waals surface area contributed by atoms with Crippen molar-refractivity contribution in [3.05, 3.63) is 89.1 Å². The first-order valence-electron chi connectivity index (χ1n) is 12.5. The van der Waals surface area contributed by atoms with Gasteiger partial charge in [0.1, 0.15) is 6.54 Å². The quantitative estimate of drug-likeness (QED) is 0.278. The zero-order valence-electron chi connectivity index (χ0n) is 22.6. The van der Waals surface area contributed by atoms with Crippen LogP contribution in [0.1, 0.15) is 29.8 Å². The van der Waals surface area contributed by atoms with Crippen molar-refractivity contribution in [2.75, 3.05) is 26.1 Å². The van der Waals surface area contributed by atoms with E-state index in [1.54, 1.807) is 55.2 Å². The van der Waals surface area contributed by atoms with Crippen LogP contribution in [-0.2, 0) is 4.79 Å². The summed E-state index contributed by atoms with van der Waals surface area (Å²) in [7, 11) is 3.13. The smallest absolute Gasteiger partial charge is 0.254 e. The second-order valence-electron chi connectivity index (χ2n) is 9.31. The number of carbonyl (C=O) groups excluding carboxylic acids is 2. The number of methoxy groups -OCH3 is 2. The first-order valence-corrected chi connectivity index (χ1v) is 12.8. The number of carbonyl (C=O) groups is 2. The molecule has 0 bridgehead atoms. The third-order valence-corrected chi connectivity index (χ3v) is 6.49. The Hall–Kier alpha value is -4.30. The summed E-state index contributed by atoms with van der Waals surface area (Å²) >= 11 is 6.07. The van der Waals surface area contributed by atoms with Crippen LogP contribution in [0.3, 0.4) is 0 Å². The van der Waals surface area contributed by atoms with E-state index in [0.717, 1.165) is 11.1 Å². The molecule has 4 aromatic rings. The van der Waals surface area contributed by atoms with Gasteiger partial charge >= 0.3 is 0 Å². The van der Waals surface area contributed by atoms with E-state index in [2.05, 4.69) is 5.32 Å². The van der Waals surface area contributed by atoms with E-state index in [0.29, 0.717) is 39.4 Å². The Morgan fingerprint density at radius 1 is 0.974 bits per heavy atom. The Balaban J connectivity index is 1.66. The number of rotatable bonds is 9. The molecular formula is C30H31ClN4O4. The van der Waals surface area contributed by atoms with Gasteiger partial charge in [-0.3, -0.25) is 19.5 Å². The van der Waals surface area contributed by atoms with Gasteiger partial charge in [-0.1, -0.05) is 41.4 Å². The number of hydrogen-bond acceptors (Lipinski definition) is 5. The molecule has 0 radical (unpaired) electrons. The molecule has 0 atom stereocenters. The molecular weight excluding hydrogens is 516 g/mol. The van der Waals surface area contributed by atoms with Gasteiger partial charge in [-0.05, 0) is 57.2 Å². The van der Waals surface area contributed by atoms with E-state index < -0.39 is 0 Å². The molecule has 4 rings (SSSR count). The van der Waals surface area contributed by atoms with Crippen LogP contribution in [0.2, 0.25) is 5.02 Å². The molecule has 0 aliphatic heterocycles. The van der Waals surface area contributed by atoms with Crippen molar-refractivity contribution < 1.29 is 19.1 Å². The number of nitrogens with zero attached hydrogens (tertiary/aromatic N) is 3. The van der Waals surface area contributed by atoms with Gasteiger partial charge in [0, 0.05) is 34.5 Å². The Morgan fingerprint density at radius 2 is 1.64 bits per heavy atom. The van der Waals surface area contributed by atoms with Crippen molar-refractivity contribution >= 4 is 29.4 Å². The fourth-order valence-corrected chi connectivity index (χ4v) is 4.20. The van der Waals surface area contributed by atoms with Crippen molar-refractivity contribution in [1.29, 1.82) is 0 Å². The van der Waals surface area contributed by atoms with E-state index in [4.69, 9.17) is 26.1 Å².